The molecule has 2 rings (SSSR count). The highest BCUT2D eigenvalue weighted by Crippen LogP contribution is 2.25. The van der Waals surface area contributed by atoms with E-state index < -0.39 is 0 Å². The summed E-state index contributed by atoms with van der Waals surface area (Å²) in [6.45, 7) is 7.56. The lowest BCUT2D eigenvalue weighted by Crippen LogP contribution is -2.50. The third-order valence-electron chi connectivity index (χ3n) is 4.72. The summed E-state index contributed by atoms with van der Waals surface area (Å²) >= 11 is 0. The van der Waals surface area contributed by atoms with Crippen molar-refractivity contribution in [2.75, 3.05) is 32.7 Å². The molecule has 0 spiro atoms. The Hall–Kier alpha value is -0.570. The molecule has 0 aromatic heterocycles. The summed E-state index contributed by atoms with van der Waals surface area (Å²) in [6, 6.07) is 0. The lowest BCUT2D eigenvalue weighted by atomic mass is 9.88. The van der Waals surface area contributed by atoms with E-state index in [1.165, 1.54) is 45.1 Å². The molecule has 1 aliphatic heterocycles. The first-order valence-electron chi connectivity index (χ1n) is 8.32. The monoisotopic (exact) mass is 266 g/mol. The van der Waals surface area contributed by atoms with Gasteiger partial charge in [0.2, 0.25) is 5.91 Å². The predicted molar refractivity (Wildman–Crippen MR) is 79.1 cm³/mol. The number of hydrogen-bond acceptors (Lipinski definition) is 2. The third kappa shape index (κ3) is 4.48. The van der Waals surface area contributed by atoms with Crippen molar-refractivity contribution in [3.63, 3.8) is 0 Å². The molecule has 2 fully saturated rings. The Kier molecular flexibility index (Phi) is 6.15. The Morgan fingerprint density at radius 2 is 1.68 bits per heavy atom. The van der Waals surface area contributed by atoms with Crippen molar-refractivity contribution in [1.29, 1.82) is 0 Å². The van der Waals surface area contributed by atoms with Gasteiger partial charge in [0.1, 0.15) is 0 Å². The Morgan fingerprint density at radius 3 is 2.32 bits per heavy atom. The van der Waals surface area contributed by atoms with Gasteiger partial charge in [0.05, 0.1) is 0 Å². The van der Waals surface area contributed by atoms with Crippen LogP contribution in [0.4, 0.5) is 0 Å². The van der Waals surface area contributed by atoms with Crippen molar-refractivity contribution >= 4 is 5.91 Å². The number of rotatable bonds is 5. The standard InChI is InChI=1S/C16H30N2O/c1-2-3-7-10-17-11-13-18(14-12-17)16(19)15-8-5-4-6-9-15/h15H,2-14H2,1H3. The van der Waals surface area contributed by atoms with E-state index in [1.54, 1.807) is 0 Å². The number of piperazine rings is 1. The second-order valence-corrected chi connectivity index (χ2v) is 6.21. The van der Waals surface area contributed by atoms with Crippen molar-refractivity contribution in [3.8, 4) is 0 Å². The quantitative estimate of drug-likeness (QED) is 0.714. The minimum atomic E-state index is 0.348. The van der Waals surface area contributed by atoms with Crippen LogP contribution in [-0.2, 0) is 4.79 Å². The SMILES string of the molecule is CCCCCN1CCN(C(=O)C2CCCCC2)CC1. The minimum absolute atomic E-state index is 0.348. The number of unbranched alkanes of at least 4 members (excludes halogenated alkanes) is 2. The van der Waals surface area contributed by atoms with Crippen LogP contribution in [0.25, 0.3) is 0 Å². The van der Waals surface area contributed by atoms with E-state index in [-0.39, 0.29) is 0 Å². The van der Waals surface area contributed by atoms with Crippen molar-refractivity contribution in [2.45, 2.75) is 58.3 Å². The highest BCUT2D eigenvalue weighted by atomic mass is 16.2. The lowest BCUT2D eigenvalue weighted by Gasteiger charge is -2.37. The maximum atomic E-state index is 12.4. The van der Waals surface area contributed by atoms with Gasteiger partial charge in [0.25, 0.3) is 0 Å². The average molecular weight is 266 g/mol. The molecule has 0 aromatic carbocycles. The Bertz CT molecular complexity index is 266. The molecular weight excluding hydrogens is 236 g/mol. The van der Waals surface area contributed by atoms with E-state index in [1.807, 2.05) is 0 Å². The van der Waals surface area contributed by atoms with Crippen LogP contribution < -0.4 is 0 Å². The third-order valence-corrected chi connectivity index (χ3v) is 4.72. The van der Waals surface area contributed by atoms with Gasteiger partial charge in [-0.1, -0.05) is 39.0 Å². The van der Waals surface area contributed by atoms with Crippen molar-refractivity contribution in [3.05, 3.63) is 0 Å². The van der Waals surface area contributed by atoms with Crippen LogP contribution in [-0.4, -0.2) is 48.4 Å². The fourth-order valence-electron chi connectivity index (χ4n) is 3.39. The van der Waals surface area contributed by atoms with Gasteiger partial charge >= 0.3 is 0 Å². The second-order valence-electron chi connectivity index (χ2n) is 6.21. The maximum absolute atomic E-state index is 12.4. The average Bonchev–Trinajstić information content (AvgIpc) is 2.48. The van der Waals surface area contributed by atoms with E-state index in [0.29, 0.717) is 11.8 Å². The Labute approximate surface area is 118 Å². The molecule has 1 saturated heterocycles. The first-order valence-corrected chi connectivity index (χ1v) is 8.32. The summed E-state index contributed by atoms with van der Waals surface area (Å²) in [5, 5.41) is 0. The van der Waals surface area contributed by atoms with Gasteiger partial charge in [0, 0.05) is 32.1 Å². The second kappa shape index (κ2) is 7.88. The highest BCUT2D eigenvalue weighted by molar-refractivity contribution is 5.79. The zero-order valence-electron chi connectivity index (χ0n) is 12.6. The highest BCUT2D eigenvalue weighted by Gasteiger charge is 2.28. The first-order chi connectivity index (χ1) is 9.31. The molecule has 0 aromatic rings. The normalized spacial score (nSPS) is 22.7. The summed E-state index contributed by atoms with van der Waals surface area (Å²) in [7, 11) is 0. The lowest BCUT2D eigenvalue weighted by molar-refractivity contribution is -0.138. The Morgan fingerprint density at radius 1 is 1.00 bits per heavy atom. The molecule has 2 aliphatic rings. The zero-order valence-corrected chi connectivity index (χ0v) is 12.6. The molecular formula is C16H30N2O. The molecule has 3 nitrogen and oxygen atoms in total. The van der Waals surface area contributed by atoms with Gasteiger partial charge in [0.15, 0.2) is 0 Å². The van der Waals surface area contributed by atoms with Crippen LogP contribution in [0.5, 0.6) is 0 Å². The molecule has 1 heterocycles. The number of amides is 1. The summed E-state index contributed by atoms with van der Waals surface area (Å²) in [6.07, 6.45) is 10.1. The van der Waals surface area contributed by atoms with Gasteiger partial charge in [-0.25, -0.2) is 0 Å². The maximum Gasteiger partial charge on any atom is 0.225 e. The largest absolute Gasteiger partial charge is 0.340 e. The van der Waals surface area contributed by atoms with Crippen LogP contribution in [0, 0.1) is 5.92 Å². The molecule has 1 amide bonds. The van der Waals surface area contributed by atoms with Gasteiger partial charge < -0.3 is 4.90 Å². The number of carbonyl (C=O) groups is 1. The fourth-order valence-corrected chi connectivity index (χ4v) is 3.39. The minimum Gasteiger partial charge on any atom is -0.340 e. The zero-order chi connectivity index (χ0) is 13.5. The summed E-state index contributed by atoms with van der Waals surface area (Å²) in [4.78, 5) is 17.1. The van der Waals surface area contributed by atoms with E-state index in [4.69, 9.17) is 0 Å². The molecule has 1 saturated carbocycles. The summed E-state index contributed by atoms with van der Waals surface area (Å²) in [5.74, 6) is 0.799. The fraction of sp³-hybridized carbons (Fsp3) is 0.938. The van der Waals surface area contributed by atoms with E-state index >= 15 is 0 Å². The molecule has 1 aliphatic carbocycles. The number of carbonyl (C=O) groups excluding carboxylic acids is 1. The molecule has 0 radical (unpaired) electrons. The molecule has 19 heavy (non-hydrogen) atoms. The van der Waals surface area contributed by atoms with Crippen LogP contribution >= 0.6 is 0 Å². The van der Waals surface area contributed by atoms with E-state index in [0.717, 1.165) is 39.0 Å². The topological polar surface area (TPSA) is 23.6 Å². The van der Waals surface area contributed by atoms with Gasteiger partial charge in [-0.2, -0.15) is 0 Å². The van der Waals surface area contributed by atoms with Gasteiger partial charge in [-0.05, 0) is 25.8 Å². The van der Waals surface area contributed by atoms with E-state index in [9.17, 15) is 4.79 Å². The van der Waals surface area contributed by atoms with Crippen LogP contribution in [0.15, 0.2) is 0 Å². The molecule has 0 bridgehead atoms. The predicted octanol–water partition coefficient (Wildman–Crippen LogP) is 2.90. The van der Waals surface area contributed by atoms with Crippen LogP contribution in [0.1, 0.15) is 58.3 Å². The van der Waals surface area contributed by atoms with Crippen LogP contribution in [0.3, 0.4) is 0 Å². The number of nitrogens with zero attached hydrogens (tertiary/aromatic N) is 2. The van der Waals surface area contributed by atoms with Crippen molar-refractivity contribution < 1.29 is 4.79 Å². The number of hydrogen-bond donors (Lipinski definition) is 0. The van der Waals surface area contributed by atoms with Crippen molar-refractivity contribution in [1.82, 2.24) is 9.80 Å². The van der Waals surface area contributed by atoms with Gasteiger partial charge in [-0.15, -0.1) is 0 Å². The smallest absolute Gasteiger partial charge is 0.225 e. The summed E-state index contributed by atoms with van der Waals surface area (Å²) < 4.78 is 0. The van der Waals surface area contributed by atoms with Gasteiger partial charge in [-0.3, -0.25) is 9.69 Å². The molecule has 110 valence electrons. The van der Waals surface area contributed by atoms with Crippen LogP contribution in [0.2, 0.25) is 0 Å². The first kappa shape index (κ1) is 14.8. The molecule has 0 unspecified atom stereocenters. The molecule has 0 N–H and O–H groups in total. The molecule has 0 atom stereocenters. The van der Waals surface area contributed by atoms with Crippen molar-refractivity contribution in [2.24, 2.45) is 5.92 Å². The van der Waals surface area contributed by atoms with E-state index in [2.05, 4.69) is 16.7 Å². The molecule has 3 heteroatoms. The summed E-state index contributed by atoms with van der Waals surface area (Å²) in [5.41, 5.74) is 0. The Balaban J connectivity index is 1.68.